The lowest BCUT2D eigenvalue weighted by Crippen LogP contribution is -2.66. The Morgan fingerprint density at radius 3 is 2.54 bits per heavy atom. The molecule has 2 fully saturated rings. The van der Waals surface area contributed by atoms with Gasteiger partial charge >= 0.3 is 5.97 Å². The number of likely N-dealkylation sites (tertiary alicyclic amines) is 1. The molecule has 0 spiro atoms. The zero-order valence-corrected chi connectivity index (χ0v) is 21.9. The van der Waals surface area contributed by atoms with Crippen molar-refractivity contribution >= 4 is 23.9 Å². The van der Waals surface area contributed by atoms with E-state index in [0.29, 0.717) is 12.8 Å². The normalized spacial score (nSPS) is 28.3. The summed E-state index contributed by atoms with van der Waals surface area (Å²) in [5.41, 5.74) is 8.00. The lowest BCUT2D eigenvalue weighted by atomic mass is 9.60. The largest absolute Gasteiger partial charge is 0.457 e. The molecule has 7 heteroatoms. The predicted octanol–water partition coefficient (Wildman–Crippen LogP) is 4.64. The molecule has 0 bridgehead atoms. The standard InChI is InChI=1S/C28H36N2O4S/c1-5-22-11-12-24(34-35-4)15-25(22)27-13-14-30(18-21-9-7-6-8-10-21)19(2)28(27,33-20(3)31)17-23(16-27)26(29)32/h6-12,15,19,23H,5,13-14,16-18H2,1-4H3,(H2,29,32)/t19?,23?,27-,28-/m1/s1. The van der Waals surface area contributed by atoms with Crippen LogP contribution in [-0.2, 0) is 32.7 Å². The van der Waals surface area contributed by atoms with Crippen LogP contribution in [-0.4, -0.2) is 41.2 Å². The maximum atomic E-state index is 12.6. The van der Waals surface area contributed by atoms with Crippen molar-refractivity contribution < 1.29 is 18.5 Å². The maximum absolute atomic E-state index is 12.6. The van der Waals surface area contributed by atoms with Gasteiger partial charge in [0, 0.05) is 43.5 Å². The molecule has 0 aromatic heterocycles. The SMILES string of the molecule is CCc1ccc(OSC)cc1[C@]12CCN(Cc3ccccc3)C(C)[C@]1(OC(C)=O)CC(C(N)=O)C2. The quantitative estimate of drug-likeness (QED) is 0.424. The predicted molar refractivity (Wildman–Crippen MR) is 139 cm³/mol. The molecule has 2 aromatic carbocycles. The van der Waals surface area contributed by atoms with Gasteiger partial charge in [-0.05, 0) is 61.6 Å². The van der Waals surface area contributed by atoms with Crippen LogP contribution in [0.5, 0.6) is 5.75 Å². The average Bonchev–Trinajstić information content (AvgIpc) is 3.18. The van der Waals surface area contributed by atoms with Gasteiger partial charge in [-0.25, -0.2) is 0 Å². The third kappa shape index (κ3) is 4.56. The highest BCUT2D eigenvalue weighted by Crippen LogP contribution is 2.60. The van der Waals surface area contributed by atoms with E-state index < -0.39 is 11.0 Å². The first-order chi connectivity index (χ1) is 16.8. The number of ether oxygens (including phenoxy) is 1. The summed E-state index contributed by atoms with van der Waals surface area (Å²) in [6.45, 7) is 7.30. The molecule has 2 aromatic rings. The van der Waals surface area contributed by atoms with Crippen molar-refractivity contribution in [3.63, 3.8) is 0 Å². The minimum atomic E-state index is -0.881. The molecule has 1 saturated carbocycles. The lowest BCUT2D eigenvalue weighted by molar-refractivity contribution is -0.184. The van der Waals surface area contributed by atoms with Gasteiger partial charge in [-0.2, -0.15) is 0 Å². The highest BCUT2D eigenvalue weighted by atomic mass is 32.2. The van der Waals surface area contributed by atoms with Crippen LogP contribution in [0.3, 0.4) is 0 Å². The number of aryl methyl sites for hydroxylation is 1. The van der Waals surface area contributed by atoms with E-state index in [1.807, 2.05) is 30.5 Å². The molecule has 0 radical (unpaired) electrons. The van der Waals surface area contributed by atoms with Crippen LogP contribution in [0.1, 0.15) is 56.7 Å². The molecular weight excluding hydrogens is 460 g/mol. The minimum Gasteiger partial charge on any atom is -0.457 e. The van der Waals surface area contributed by atoms with Gasteiger partial charge in [0.15, 0.2) is 0 Å². The van der Waals surface area contributed by atoms with Crippen molar-refractivity contribution in [3.05, 3.63) is 65.2 Å². The summed E-state index contributed by atoms with van der Waals surface area (Å²) in [7, 11) is 0. The summed E-state index contributed by atoms with van der Waals surface area (Å²) in [6.07, 6.45) is 4.46. The fourth-order valence-electron chi connectivity index (χ4n) is 6.58. The number of hydrogen-bond donors (Lipinski definition) is 1. The summed E-state index contributed by atoms with van der Waals surface area (Å²) < 4.78 is 12.2. The molecule has 188 valence electrons. The fourth-order valence-corrected chi connectivity index (χ4v) is 6.88. The highest BCUT2D eigenvalue weighted by Gasteiger charge is 2.67. The van der Waals surface area contributed by atoms with Gasteiger partial charge in [0.2, 0.25) is 5.91 Å². The van der Waals surface area contributed by atoms with Gasteiger partial charge in [-0.3, -0.25) is 14.5 Å². The van der Waals surface area contributed by atoms with Gasteiger partial charge in [0.25, 0.3) is 0 Å². The van der Waals surface area contributed by atoms with E-state index in [1.54, 1.807) is 0 Å². The van der Waals surface area contributed by atoms with E-state index in [9.17, 15) is 9.59 Å². The number of hydrogen-bond acceptors (Lipinski definition) is 6. The van der Waals surface area contributed by atoms with Gasteiger partial charge < -0.3 is 14.7 Å². The number of fused-ring (bicyclic) bond motifs is 1. The maximum Gasteiger partial charge on any atom is 0.303 e. The van der Waals surface area contributed by atoms with Crippen LogP contribution in [0.2, 0.25) is 0 Å². The number of carbonyl (C=O) groups excluding carboxylic acids is 2. The molecule has 1 heterocycles. The first-order valence-corrected chi connectivity index (χ1v) is 13.5. The summed E-state index contributed by atoms with van der Waals surface area (Å²) in [4.78, 5) is 27.6. The van der Waals surface area contributed by atoms with E-state index in [4.69, 9.17) is 14.7 Å². The van der Waals surface area contributed by atoms with Crippen LogP contribution in [0.25, 0.3) is 0 Å². The average molecular weight is 497 g/mol. The first kappa shape index (κ1) is 25.6. The molecule has 2 unspecified atom stereocenters. The lowest BCUT2D eigenvalue weighted by Gasteiger charge is -2.56. The molecule has 1 aliphatic heterocycles. The van der Waals surface area contributed by atoms with E-state index in [2.05, 4.69) is 43.0 Å². The second-order valence-electron chi connectivity index (χ2n) is 9.88. The Kier molecular flexibility index (Phi) is 7.48. The van der Waals surface area contributed by atoms with Crippen LogP contribution in [0.15, 0.2) is 48.5 Å². The molecule has 1 amide bonds. The summed E-state index contributed by atoms with van der Waals surface area (Å²) in [5.74, 6) is -0.273. The van der Waals surface area contributed by atoms with E-state index >= 15 is 0 Å². The number of amides is 1. The highest BCUT2D eigenvalue weighted by molar-refractivity contribution is 7.94. The molecule has 6 nitrogen and oxygen atoms in total. The molecule has 4 atom stereocenters. The van der Waals surface area contributed by atoms with Gasteiger partial charge in [-0.1, -0.05) is 43.3 Å². The van der Waals surface area contributed by atoms with E-state index in [-0.39, 0.29) is 23.8 Å². The second-order valence-corrected chi connectivity index (χ2v) is 10.4. The zero-order valence-electron chi connectivity index (χ0n) is 21.1. The van der Waals surface area contributed by atoms with Crippen molar-refractivity contribution in [1.82, 2.24) is 4.90 Å². The zero-order chi connectivity index (χ0) is 25.2. The van der Waals surface area contributed by atoms with Crippen molar-refractivity contribution in [1.29, 1.82) is 0 Å². The Morgan fingerprint density at radius 1 is 1.17 bits per heavy atom. The van der Waals surface area contributed by atoms with Crippen molar-refractivity contribution in [3.8, 4) is 5.75 Å². The number of piperidine rings is 1. The van der Waals surface area contributed by atoms with Gasteiger partial charge in [0.1, 0.15) is 11.4 Å². The number of benzene rings is 2. The monoisotopic (exact) mass is 496 g/mol. The number of rotatable bonds is 8. The number of nitrogens with zero attached hydrogens (tertiary/aromatic N) is 1. The number of nitrogens with two attached hydrogens (primary N) is 1. The fraction of sp³-hybridized carbons (Fsp3) is 0.500. The molecule has 1 aliphatic carbocycles. The van der Waals surface area contributed by atoms with E-state index in [1.165, 1.54) is 30.1 Å². The third-order valence-corrected chi connectivity index (χ3v) is 8.48. The van der Waals surface area contributed by atoms with E-state index in [0.717, 1.165) is 37.2 Å². The van der Waals surface area contributed by atoms with Gasteiger partial charge in [-0.15, -0.1) is 0 Å². The Labute approximate surface area is 212 Å². The number of esters is 1. The summed E-state index contributed by atoms with van der Waals surface area (Å²) in [6, 6.07) is 16.4. The number of carbonyl (C=O) groups is 2. The second kappa shape index (κ2) is 10.2. The molecular formula is C28H36N2O4S. The van der Waals surface area contributed by atoms with Crippen LogP contribution < -0.4 is 9.92 Å². The molecule has 2 N–H and O–H groups in total. The number of primary amides is 1. The smallest absolute Gasteiger partial charge is 0.303 e. The molecule has 2 aliphatic rings. The topological polar surface area (TPSA) is 81.9 Å². The first-order valence-electron chi connectivity index (χ1n) is 12.4. The summed E-state index contributed by atoms with van der Waals surface area (Å²) in [5, 5.41) is 0. The Hall–Kier alpha value is -2.51. The Bertz CT molecular complexity index is 1080. The summed E-state index contributed by atoms with van der Waals surface area (Å²) >= 11 is 1.30. The minimum absolute atomic E-state index is 0.112. The Balaban J connectivity index is 1.88. The van der Waals surface area contributed by atoms with Crippen LogP contribution >= 0.6 is 12.0 Å². The van der Waals surface area contributed by atoms with Gasteiger partial charge in [0.05, 0.1) is 12.0 Å². The van der Waals surface area contributed by atoms with Crippen molar-refractivity contribution in [2.24, 2.45) is 11.7 Å². The molecule has 1 saturated heterocycles. The van der Waals surface area contributed by atoms with Crippen LogP contribution in [0.4, 0.5) is 0 Å². The van der Waals surface area contributed by atoms with Crippen LogP contribution in [0, 0.1) is 5.92 Å². The van der Waals surface area contributed by atoms with Crippen molar-refractivity contribution in [2.75, 3.05) is 12.8 Å². The third-order valence-electron chi connectivity index (χ3n) is 8.12. The Morgan fingerprint density at radius 2 is 1.91 bits per heavy atom. The molecule has 35 heavy (non-hydrogen) atoms. The molecule has 4 rings (SSSR count). The van der Waals surface area contributed by atoms with Crippen molar-refractivity contribution in [2.45, 2.75) is 70.1 Å².